The van der Waals surface area contributed by atoms with Crippen molar-refractivity contribution in [2.75, 3.05) is 13.2 Å². The van der Waals surface area contributed by atoms with E-state index < -0.39 is 41.4 Å². The van der Waals surface area contributed by atoms with Gasteiger partial charge in [0.05, 0.1) is 24.7 Å². The normalized spacial score (nSPS) is 54.3. The molecule has 5 N–H and O–H groups in total. The number of carbonyl (C=O) groups is 1. The van der Waals surface area contributed by atoms with Crippen LogP contribution in [-0.4, -0.2) is 75.4 Å². The zero-order chi connectivity index (χ0) is 31.4. The first-order valence-electron chi connectivity index (χ1n) is 16.9. The number of rotatable bonds is 4. The third-order valence-corrected chi connectivity index (χ3v) is 14.9. The molecule has 4 saturated carbocycles. The molecular weight excluding hydrogens is 548 g/mol. The summed E-state index contributed by atoms with van der Waals surface area (Å²) in [4.78, 5) is 12.9. The van der Waals surface area contributed by atoms with Gasteiger partial charge in [0.25, 0.3) is 0 Å². The number of ether oxygens (including phenoxy) is 2. The highest BCUT2D eigenvalue weighted by atomic mass is 16.7. The fourth-order valence-corrected chi connectivity index (χ4v) is 11.9. The lowest BCUT2D eigenvalue weighted by Crippen LogP contribution is -2.66. The molecule has 0 spiro atoms. The van der Waals surface area contributed by atoms with Crippen molar-refractivity contribution in [3.8, 4) is 0 Å². The SMILES string of the molecule is CC1(C)CC[C@]2(C(=O)O)CC[C@]3(C)C(=CCC4[C@@]5(C)CC[C@H](O[C@H]6OC[C@H](O)[C@H](O)[C@H]6O)[C@@](C)(CO)[C@@H]5CC[C@]43C)[C@@H]2C1. The quantitative estimate of drug-likeness (QED) is 0.231. The Hall–Kier alpha value is -1.03. The predicted molar refractivity (Wildman–Crippen MR) is 161 cm³/mol. The molecule has 1 saturated heterocycles. The van der Waals surface area contributed by atoms with Crippen molar-refractivity contribution in [1.29, 1.82) is 0 Å². The van der Waals surface area contributed by atoms with Gasteiger partial charge in [0, 0.05) is 5.41 Å². The number of aliphatic hydroxyl groups excluding tert-OH is 4. The van der Waals surface area contributed by atoms with Gasteiger partial charge in [-0.25, -0.2) is 0 Å². The first-order valence-corrected chi connectivity index (χ1v) is 16.9. The summed E-state index contributed by atoms with van der Waals surface area (Å²) in [7, 11) is 0. The zero-order valence-corrected chi connectivity index (χ0v) is 27.1. The van der Waals surface area contributed by atoms with Crippen molar-refractivity contribution >= 4 is 5.97 Å². The average Bonchev–Trinajstić information content (AvgIpc) is 2.94. The fourth-order valence-electron chi connectivity index (χ4n) is 11.9. The second-order valence-electron chi connectivity index (χ2n) is 17.3. The van der Waals surface area contributed by atoms with Crippen LogP contribution < -0.4 is 0 Å². The molecule has 13 atom stereocenters. The van der Waals surface area contributed by atoms with Crippen molar-refractivity contribution < 1.29 is 39.8 Å². The maximum Gasteiger partial charge on any atom is 0.310 e. The molecule has 244 valence electrons. The van der Waals surface area contributed by atoms with Crippen LogP contribution in [0.25, 0.3) is 0 Å². The van der Waals surface area contributed by atoms with Gasteiger partial charge in [-0.1, -0.05) is 53.2 Å². The first kappa shape index (κ1) is 31.9. The molecule has 1 unspecified atom stereocenters. The minimum atomic E-state index is -1.36. The molecule has 0 radical (unpaired) electrons. The topological polar surface area (TPSA) is 137 Å². The van der Waals surface area contributed by atoms with Gasteiger partial charge in [0.2, 0.25) is 0 Å². The Bertz CT molecular complexity index is 1150. The molecule has 0 aromatic carbocycles. The van der Waals surface area contributed by atoms with Gasteiger partial charge in [0.1, 0.15) is 18.3 Å². The van der Waals surface area contributed by atoms with E-state index in [0.29, 0.717) is 12.3 Å². The Balaban J connectivity index is 1.32. The van der Waals surface area contributed by atoms with E-state index in [1.54, 1.807) is 0 Å². The Morgan fingerprint density at radius 3 is 2.30 bits per heavy atom. The number of carboxylic acids is 1. The summed E-state index contributed by atoms with van der Waals surface area (Å²) in [5.74, 6) is 0.0529. The molecule has 0 bridgehead atoms. The van der Waals surface area contributed by atoms with Crippen LogP contribution in [0.1, 0.15) is 106 Å². The first-order chi connectivity index (χ1) is 20.0. The van der Waals surface area contributed by atoms with Crippen molar-refractivity contribution in [1.82, 2.24) is 0 Å². The fraction of sp³-hybridized carbons (Fsp3) is 0.914. The molecule has 0 aromatic rings. The van der Waals surface area contributed by atoms with Crippen molar-refractivity contribution in [3.05, 3.63) is 11.6 Å². The van der Waals surface area contributed by atoms with Gasteiger partial charge in [-0.2, -0.15) is 0 Å². The molecule has 0 aromatic heterocycles. The molecule has 6 rings (SSSR count). The number of hydrogen-bond donors (Lipinski definition) is 5. The summed E-state index contributed by atoms with van der Waals surface area (Å²) in [5.41, 5.74) is 0.232. The number of allylic oxidation sites excluding steroid dienone is 2. The molecule has 0 amide bonds. The van der Waals surface area contributed by atoms with Crippen molar-refractivity contribution in [2.45, 2.75) is 136 Å². The highest BCUT2D eigenvalue weighted by Crippen LogP contribution is 2.76. The molecule has 1 aliphatic heterocycles. The second kappa shape index (κ2) is 10.2. The number of aliphatic hydroxyl groups is 4. The van der Waals surface area contributed by atoms with Gasteiger partial charge >= 0.3 is 5.97 Å². The lowest BCUT2D eigenvalue weighted by Gasteiger charge is -2.71. The van der Waals surface area contributed by atoms with E-state index in [1.807, 2.05) is 0 Å². The Kier molecular flexibility index (Phi) is 7.60. The third kappa shape index (κ3) is 4.32. The lowest BCUT2D eigenvalue weighted by molar-refractivity contribution is -0.312. The van der Waals surface area contributed by atoms with Gasteiger partial charge < -0.3 is 35.0 Å². The van der Waals surface area contributed by atoms with Crippen LogP contribution in [0, 0.1) is 50.2 Å². The minimum Gasteiger partial charge on any atom is -0.481 e. The van der Waals surface area contributed by atoms with Crippen LogP contribution in [0.3, 0.4) is 0 Å². The smallest absolute Gasteiger partial charge is 0.310 e. The van der Waals surface area contributed by atoms with Gasteiger partial charge in [-0.05, 0) is 104 Å². The van der Waals surface area contributed by atoms with E-state index in [1.165, 1.54) is 5.57 Å². The highest BCUT2D eigenvalue weighted by Gasteiger charge is 2.70. The van der Waals surface area contributed by atoms with Gasteiger partial charge in [-0.3, -0.25) is 4.79 Å². The summed E-state index contributed by atoms with van der Waals surface area (Å²) in [6, 6.07) is 0. The maximum atomic E-state index is 12.9. The van der Waals surface area contributed by atoms with E-state index in [0.717, 1.165) is 57.8 Å². The maximum absolute atomic E-state index is 12.9. The predicted octanol–water partition coefficient (Wildman–Crippen LogP) is 4.67. The van der Waals surface area contributed by atoms with Gasteiger partial charge in [0.15, 0.2) is 6.29 Å². The molecule has 8 heteroatoms. The van der Waals surface area contributed by atoms with Crippen LogP contribution in [-0.2, 0) is 14.3 Å². The monoisotopic (exact) mass is 604 g/mol. The van der Waals surface area contributed by atoms with Crippen LogP contribution in [0.2, 0.25) is 0 Å². The average molecular weight is 605 g/mol. The van der Waals surface area contributed by atoms with E-state index >= 15 is 0 Å². The Morgan fingerprint density at radius 1 is 0.930 bits per heavy atom. The van der Waals surface area contributed by atoms with E-state index in [9.17, 15) is 30.3 Å². The van der Waals surface area contributed by atoms with Crippen molar-refractivity contribution in [2.24, 2.45) is 50.2 Å². The Morgan fingerprint density at radius 2 is 1.63 bits per heavy atom. The number of fused-ring (bicyclic) bond motifs is 7. The second-order valence-corrected chi connectivity index (χ2v) is 17.3. The third-order valence-electron chi connectivity index (χ3n) is 14.9. The van der Waals surface area contributed by atoms with Crippen LogP contribution >= 0.6 is 0 Å². The zero-order valence-electron chi connectivity index (χ0n) is 27.1. The summed E-state index contributed by atoms with van der Waals surface area (Å²) < 4.78 is 12.0. The minimum absolute atomic E-state index is 0.0154. The largest absolute Gasteiger partial charge is 0.481 e. The molecular formula is C35H56O8. The number of carboxylic acid groups (broad SMARTS) is 1. The summed E-state index contributed by atoms with van der Waals surface area (Å²) in [5, 5.41) is 52.3. The van der Waals surface area contributed by atoms with E-state index in [-0.39, 0.29) is 52.8 Å². The summed E-state index contributed by atoms with van der Waals surface area (Å²) in [6.07, 6.45) is 6.03. The lowest BCUT2D eigenvalue weighted by atomic mass is 9.33. The molecule has 8 nitrogen and oxygen atoms in total. The van der Waals surface area contributed by atoms with Crippen LogP contribution in [0.4, 0.5) is 0 Å². The van der Waals surface area contributed by atoms with Crippen LogP contribution in [0.5, 0.6) is 0 Å². The summed E-state index contributed by atoms with van der Waals surface area (Å²) in [6.45, 7) is 13.9. The standard InChI is InChI=1S/C35H56O8/c1-30(2)13-15-35(29(40)41)16-14-33(5)20(21(35)17-30)7-8-24-31(3)11-10-25(43-28-27(39)26(38)22(37)18-42-28)32(4,19-36)23(31)9-12-34(24,33)6/h7,21-28,36-39H,8-19H2,1-6H3,(H,40,41)/t21-,22-,23+,24?,25-,26-,27+,28+,31-,32-,33+,34+,35-/m0/s1. The molecule has 6 aliphatic rings. The highest BCUT2D eigenvalue weighted by molar-refractivity contribution is 5.76. The molecule has 5 aliphatic carbocycles. The van der Waals surface area contributed by atoms with Crippen molar-refractivity contribution in [3.63, 3.8) is 0 Å². The molecule has 5 fully saturated rings. The van der Waals surface area contributed by atoms with Gasteiger partial charge in [-0.15, -0.1) is 0 Å². The Labute approximate surface area is 257 Å². The molecule has 43 heavy (non-hydrogen) atoms. The number of hydrogen-bond acceptors (Lipinski definition) is 7. The summed E-state index contributed by atoms with van der Waals surface area (Å²) >= 11 is 0. The molecule has 1 heterocycles. The van der Waals surface area contributed by atoms with E-state index in [4.69, 9.17) is 9.47 Å². The number of aliphatic carboxylic acids is 1. The van der Waals surface area contributed by atoms with E-state index in [2.05, 4.69) is 47.6 Å². The van der Waals surface area contributed by atoms with Crippen LogP contribution in [0.15, 0.2) is 11.6 Å².